The van der Waals surface area contributed by atoms with Gasteiger partial charge in [-0.2, -0.15) is 0 Å². The molecule has 0 aliphatic rings. The van der Waals surface area contributed by atoms with Crippen LogP contribution in [0.4, 0.5) is 4.39 Å². The first kappa shape index (κ1) is 18.0. The lowest BCUT2D eigenvalue weighted by molar-refractivity contribution is 0.370. The first-order valence-electron chi connectivity index (χ1n) is 6.37. The van der Waals surface area contributed by atoms with E-state index in [-0.39, 0.29) is 15.4 Å². The molecular weight excluding hydrogens is 313 g/mol. The summed E-state index contributed by atoms with van der Waals surface area (Å²) in [7, 11) is 1.45. The average Bonchev–Trinajstić information content (AvgIpc) is 2.37. The molecule has 0 fully saturated rings. The highest BCUT2D eigenvalue weighted by molar-refractivity contribution is 7.89. The molecule has 0 saturated carbocycles. The van der Waals surface area contributed by atoms with Crippen molar-refractivity contribution in [3.8, 4) is 0 Å². The number of sulfonamides is 1. The second-order valence-electron chi connectivity index (χ2n) is 4.96. The van der Waals surface area contributed by atoms with Crippen LogP contribution in [0.25, 0.3) is 0 Å². The Bertz CT molecular complexity index is 618. The number of nitrogens with two attached hydrogens (primary N) is 1. The van der Waals surface area contributed by atoms with Gasteiger partial charge >= 0.3 is 0 Å². The molecule has 0 aromatic heterocycles. The van der Waals surface area contributed by atoms with Gasteiger partial charge in [-0.25, -0.2) is 17.1 Å². The van der Waals surface area contributed by atoms with Gasteiger partial charge in [0.15, 0.2) is 0 Å². The Morgan fingerprint density at radius 3 is 2.43 bits per heavy atom. The molecule has 0 heterocycles. The van der Waals surface area contributed by atoms with Crippen molar-refractivity contribution in [1.29, 1.82) is 0 Å². The monoisotopic (exact) mass is 333 g/mol. The molecular formula is C13H20FN3O2S2. The summed E-state index contributed by atoms with van der Waals surface area (Å²) in [6, 6.07) is 3.78. The Morgan fingerprint density at radius 1 is 1.29 bits per heavy atom. The van der Waals surface area contributed by atoms with Gasteiger partial charge in [0.1, 0.15) is 10.8 Å². The lowest BCUT2D eigenvalue weighted by atomic mass is 10.2. The van der Waals surface area contributed by atoms with Crippen molar-refractivity contribution in [1.82, 2.24) is 9.21 Å². The van der Waals surface area contributed by atoms with Gasteiger partial charge in [0, 0.05) is 13.6 Å². The van der Waals surface area contributed by atoms with E-state index in [1.165, 1.54) is 23.5 Å². The van der Waals surface area contributed by atoms with Crippen molar-refractivity contribution >= 4 is 27.2 Å². The summed E-state index contributed by atoms with van der Waals surface area (Å²) in [6.07, 6.45) is 0.667. The molecule has 0 aliphatic carbocycles. The van der Waals surface area contributed by atoms with E-state index in [4.69, 9.17) is 18.0 Å². The Labute approximate surface area is 130 Å². The molecule has 1 rings (SSSR count). The van der Waals surface area contributed by atoms with Gasteiger partial charge in [0.25, 0.3) is 0 Å². The predicted octanol–water partition coefficient (Wildman–Crippen LogP) is 1.03. The van der Waals surface area contributed by atoms with E-state index in [0.29, 0.717) is 13.0 Å². The molecule has 0 saturated heterocycles. The maximum Gasteiger partial charge on any atom is 0.243 e. The van der Waals surface area contributed by atoms with Gasteiger partial charge in [-0.15, -0.1) is 0 Å². The largest absolute Gasteiger partial charge is 0.389 e. The van der Waals surface area contributed by atoms with E-state index in [0.717, 1.165) is 12.6 Å². The lowest BCUT2D eigenvalue weighted by Crippen LogP contribution is -2.31. The van der Waals surface area contributed by atoms with E-state index in [2.05, 4.69) is 0 Å². The van der Waals surface area contributed by atoms with Gasteiger partial charge in [0.2, 0.25) is 10.0 Å². The van der Waals surface area contributed by atoms with Gasteiger partial charge in [-0.1, -0.05) is 18.3 Å². The maximum atomic E-state index is 13.8. The topological polar surface area (TPSA) is 66.6 Å². The van der Waals surface area contributed by atoms with Gasteiger partial charge in [0.05, 0.1) is 10.5 Å². The third kappa shape index (κ3) is 4.44. The minimum absolute atomic E-state index is 0.192. The number of benzene rings is 1. The lowest BCUT2D eigenvalue weighted by Gasteiger charge is -2.20. The van der Waals surface area contributed by atoms with Crippen molar-refractivity contribution in [3.63, 3.8) is 0 Å². The van der Waals surface area contributed by atoms with E-state index < -0.39 is 15.8 Å². The fraction of sp³-hybridized carbons (Fsp3) is 0.462. The Balaban J connectivity index is 3.08. The summed E-state index contributed by atoms with van der Waals surface area (Å²) in [6.45, 7) is 1.08. The van der Waals surface area contributed by atoms with Crippen LogP contribution >= 0.6 is 12.2 Å². The molecule has 0 aliphatic heterocycles. The zero-order chi connectivity index (χ0) is 16.2. The van der Waals surface area contributed by atoms with E-state index in [9.17, 15) is 12.8 Å². The molecule has 8 heteroatoms. The van der Waals surface area contributed by atoms with Crippen LogP contribution in [0.15, 0.2) is 23.1 Å². The third-order valence-corrected chi connectivity index (χ3v) is 5.09. The normalized spacial score (nSPS) is 12.1. The van der Waals surface area contributed by atoms with E-state index >= 15 is 0 Å². The van der Waals surface area contributed by atoms with Gasteiger partial charge in [-0.3, -0.25) is 0 Å². The third-order valence-electron chi connectivity index (χ3n) is 2.99. The number of rotatable bonds is 7. The quantitative estimate of drug-likeness (QED) is 0.755. The van der Waals surface area contributed by atoms with E-state index in [1.54, 1.807) is 0 Å². The average molecular weight is 333 g/mol. The van der Waals surface area contributed by atoms with E-state index in [1.807, 2.05) is 19.0 Å². The van der Waals surface area contributed by atoms with Gasteiger partial charge < -0.3 is 10.6 Å². The summed E-state index contributed by atoms with van der Waals surface area (Å²) >= 11 is 4.76. The van der Waals surface area contributed by atoms with Crippen molar-refractivity contribution in [2.24, 2.45) is 5.73 Å². The second kappa shape index (κ2) is 7.26. The molecule has 0 bridgehead atoms. The SMILES string of the molecule is CN(C)CCCN(C)S(=O)(=O)c1cccc(F)c1C(N)=S. The molecule has 21 heavy (non-hydrogen) atoms. The number of halogens is 1. The highest BCUT2D eigenvalue weighted by atomic mass is 32.2. The Hall–Kier alpha value is -1.09. The van der Waals surface area contributed by atoms with Crippen molar-refractivity contribution in [3.05, 3.63) is 29.6 Å². The fourth-order valence-electron chi connectivity index (χ4n) is 1.86. The highest BCUT2D eigenvalue weighted by Crippen LogP contribution is 2.22. The van der Waals surface area contributed by atoms with Crippen LogP contribution in [0, 0.1) is 5.82 Å². The molecule has 0 atom stereocenters. The number of hydrogen-bond acceptors (Lipinski definition) is 4. The van der Waals surface area contributed by atoms with Crippen molar-refractivity contribution < 1.29 is 12.8 Å². The Morgan fingerprint density at radius 2 is 1.90 bits per heavy atom. The summed E-state index contributed by atoms with van der Waals surface area (Å²) in [5.41, 5.74) is 5.22. The van der Waals surface area contributed by atoms with Crippen LogP contribution in [-0.4, -0.2) is 56.8 Å². The van der Waals surface area contributed by atoms with Crippen LogP contribution < -0.4 is 5.73 Å². The molecule has 0 amide bonds. The minimum atomic E-state index is -3.83. The first-order chi connectivity index (χ1) is 9.67. The predicted molar refractivity (Wildman–Crippen MR) is 85.3 cm³/mol. The van der Waals surface area contributed by atoms with Crippen molar-refractivity contribution in [2.75, 3.05) is 34.2 Å². The molecule has 0 spiro atoms. The first-order valence-corrected chi connectivity index (χ1v) is 8.22. The molecule has 0 unspecified atom stereocenters. The minimum Gasteiger partial charge on any atom is -0.389 e. The fourth-order valence-corrected chi connectivity index (χ4v) is 3.55. The molecule has 0 radical (unpaired) electrons. The number of hydrogen-bond donors (Lipinski definition) is 1. The maximum absolute atomic E-state index is 13.8. The van der Waals surface area contributed by atoms with Crippen LogP contribution in [-0.2, 0) is 10.0 Å². The number of nitrogens with zero attached hydrogens (tertiary/aromatic N) is 2. The second-order valence-corrected chi connectivity index (χ2v) is 7.41. The zero-order valence-corrected chi connectivity index (χ0v) is 14.0. The summed E-state index contributed by atoms with van der Waals surface area (Å²) < 4.78 is 40.0. The van der Waals surface area contributed by atoms with Crippen LogP contribution in [0.3, 0.4) is 0 Å². The van der Waals surface area contributed by atoms with Gasteiger partial charge in [-0.05, 0) is 39.2 Å². The van der Waals surface area contributed by atoms with Crippen LogP contribution in [0.2, 0.25) is 0 Å². The highest BCUT2D eigenvalue weighted by Gasteiger charge is 2.26. The number of thiocarbonyl (C=S) groups is 1. The Kier molecular flexibility index (Phi) is 6.21. The smallest absolute Gasteiger partial charge is 0.243 e. The summed E-state index contributed by atoms with van der Waals surface area (Å²) in [5, 5.41) is 0. The molecule has 1 aromatic carbocycles. The molecule has 2 N–H and O–H groups in total. The molecule has 118 valence electrons. The molecule has 1 aromatic rings. The molecule has 5 nitrogen and oxygen atoms in total. The zero-order valence-electron chi connectivity index (χ0n) is 12.3. The van der Waals surface area contributed by atoms with Crippen LogP contribution in [0.1, 0.15) is 12.0 Å². The standard InChI is InChI=1S/C13H20FN3O2S2/c1-16(2)8-5-9-17(3)21(18,19)11-7-4-6-10(14)12(11)13(15)20/h4,6-7H,5,8-9H2,1-3H3,(H2,15,20). The van der Waals surface area contributed by atoms with Crippen molar-refractivity contribution in [2.45, 2.75) is 11.3 Å². The summed E-state index contributed by atoms with van der Waals surface area (Å²) in [5.74, 6) is -0.731. The van der Waals surface area contributed by atoms with Crippen LogP contribution in [0.5, 0.6) is 0 Å². The summed E-state index contributed by atoms with van der Waals surface area (Å²) in [4.78, 5) is 1.50.